The zero-order valence-corrected chi connectivity index (χ0v) is 32.6. The first-order valence-electron chi connectivity index (χ1n) is 18.4. The normalized spacial score (nSPS) is 12.4. The number of halogens is 1. The van der Waals surface area contributed by atoms with Gasteiger partial charge in [0.2, 0.25) is 11.8 Å². The molecule has 0 aliphatic carbocycles. The van der Waals surface area contributed by atoms with Crippen LogP contribution in [0.3, 0.4) is 0 Å². The molecule has 0 spiro atoms. The number of esters is 2. The van der Waals surface area contributed by atoms with Gasteiger partial charge in [-0.05, 0) is 96.6 Å². The van der Waals surface area contributed by atoms with Gasteiger partial charge in [-0.3, -0.25) is 14.4 Å². The van der Waals surface area contributed by atoms with E-state index in [-0.39, 0.29) is 32.4 Å². The molecule has 0 saturated heterocycles. The van der Waals surface area contributed by atoms with E-state index in [1.54, 1.807) is 71.9 Å². The molecule has 2 atom stereocenters. The third kappa shape index (κ3) is 17.9. The summed E-state index contributed by atoms with van der Waals surface area (Å²) in [5.74, 6) is -2.15. The largest absolute Gasteiger partial charge is 0.494 e. The monoisotopic (exact) mass is 763 g/mol. The number of carbonyl (C=O) groups is 5. The van der Waals surface area contributed by atoms with E-state index in [1.807, 2.05) is 42.5 Å². The summed E-state index contributed by atoms with van der Waals surface area (Å²) in [6.07, 6.45) is 0.617. The fourth-order valence-electron chi connectivity index (χ4n) is 5.15. The van der Waals surface area contributed by atoms with Crippen molar-refractivity contribution in [2.75, 3.05) is 6.61 Å². The van der Waals surface area contributed by atoms with Crippen molar-refractivity contribution in [3.63, 3.8) is 0 Å². The van der Waals surface area contributed by atoms with Crippen LogP contribution < -0.4 is 20.7 Å². The van der Waals surface area contributed by atoms with Crippen LogP contribution in [0, 0.1) is 5.82 Å². The highest BCUT2D eigenvalue weighted by atomic mass is 19.1. The van der Waals surface area contributed by atoms with Gasteiger partial charge in [0.05, 0.1) is 13.0 Å². The lowest BCUT2D eigenvalue weighted by atomic mass is 10.1. The maximum absolute atomic E-state index is 14.1. The summed E-state index contributed by atoms with van der Waals surface area (Å²) < 4.78 is 36.1. The number of ether oxygens (including phenoxy) is 4. The number of unbranched alkanes of at least 4 members (excludes halogenated alkanes) is 1. The van der Waals surface area contributed by atoms with E-state index in [1.165, 1.54) is 6.07 Å². The maximum Gasteiger partial charge on any atom is 0.408 e. The summed E-state index contributed by atoms with van der Waals surface area (Å²) >= 11 is 0. The van der Waals surface area contributed by atoms with E-state index in [0.717, 1.165) is 11.1 Å². The van der Waals surface area contributed by atoms with Gasteiger partial charge in [-0.1, -0.05) is 60.7 Å². The van der Waals surface area contributed by atoms with E-state index >= 15 is 0 Å². The lowest BCUT2D eigenvalue weighted by Crippen LogP contribution is -2.48. The van der Waals surface area contributed by atoms with Gasteiger partial charge in [0.15, 0.2) is 0 Å². The molecule has 0 radical (unpaired) electrons. The third-order valence-electron chi connectivity index (χ3n) is 7.75. The minimum absolute atomic E-state index is 0.0345. The molecule has 3 N–H and O–H groups in total. The average Bonchev–Trinajstić information content (AvgIpc) is 3.11. The van der Waals surface area contributed by atoms with Crippen molar-refractivity contribution in [2.24, 2.45) is 0 Å². The molecule has 0 aliphatic heterocycles. The second kappa shape index (κ2) is 21.4. The quantitative estimate of drug-likeness (QED) is 0.0707. The lowest BCUT2D eigenvalue weighted by Gasteiger charge is -2.24. The third-order valence-corrected chi connectivity index (χ3v) is 7.75. The molecule has 12 nitrogen and oxygen atoms in total. The molecule has 0 saturated carbocycles. The first kappa shape index (κ1) is 43.9. The van der Waals surface area contributed by atoms with Crippen molar-refractivity contribution < 1.29 is 47.3 Å². The van der Waals surface area contributed by atoms with Crippen LogP contribution in [-0.2, 0) is 53.0 Å². The fraction of sp³-hybridized carbons (Fsp3) is 0.452. The Bertz CT molecular complexity index is 1720. The van der Waals surface area contributed by atoms with E-state index in [2.05, 4.69) is 16.0 Å². The summed E-state index contributed by atoms with van der Waals surface area (Å²) in [6, 6.07) is 20.3. The average molecular weight is 764 g/mol. The van der Waals surface area contributed by atoms with E-state index in [9.17, 15) is 28.4 Å². The zero-order chi connectivity index (χ0) is 40.4. The number of amides is 3. The lowest BCUT2D eigenvalue weighted by molar-refractivity contribution is -0.162. The number of alkyl carbamates (subject to hydrolysis) is 1. The zero-order valence-electron chi connectivity index (χ0n) is 32.6. The molecule has 298 valence electrons. The van der Waals surface area contributed by atoms with Crippen molar-refractivity contribution in [3.05, 3.63) is 101 Å². The summed E-state index contributed by atoms with van der Waals surface area (Å²) in [5, 5.41) is 7.95. The van der Waals surface area contributed by atoms with Crippen LogP contribution in [0.5, 0.6) is 5.75 Å². The van der Waals surface area contributed by atoms with E-state index < -0.39 is 58.9 Å². The molecule has 3 aromatic rings. The number of nitrogens with one attached hydrogen (secondary N) is 3. The summed E-state index contributed by atoms with van der Waals surface area (Å²) in [5.41, 5.74) is 0.347. The minimum Gasteiger partial charge on any atom is -0.494 e. The molecule has 55 heavy (non-hydrogen) atoms. The van der Waals surface area contributed by atoms with Gasteiger partial charge in [0, 0.05) is 18.5 Å². The SMILES string of the molecule is CC(C)(C)OC(=O)N[C@@H](CCCCOc1cccc(CCC(=O)N[C@@H](CC(=O)OCc2ccccc2)C(=O)OC(C)(C)C)c1)C(=O)NCc1ccccc1F. The van der Waals surface area contributed by atoms with E-state index in [0.29, 0.717) is 37.2 Å². The van der Waals surface area contributed by atoms with Crippen LogP contribution in [0.2, 0.25) is 0 Å². The second-order valence-electron chi connectivity index (χ2n) is 15.0. The summed E-state index contributed by atoms with van der Waals surface area (Å²) in [4.78, 5) is 64.0. The van der Waals surface area contributed by atoms with Gasteiger partial charge in [-0.2, -0.15) is 0 Å². The number of benzene rings is 3. The Morgan fingerprint density at radius 1 is 0.745 bits per heavy atom. The van der Waals surface area contributed by atoms with Crippen LogP contribution in [-0.4, -0.2) is 59.7 Å². The Kier molecular flexibility index (Phi) is 17.1. The van der Waals surface area contributed by atoms with Crippen LogP contribution >= 0.6 is 0 Å². The number of aryl methyl sites for hydroxylation is 1. The molecule has 0 aliphatic rings. The Labute approximate surface area is 322 Å². The minimum atomic E-state index is -1.22. The van der Waals surface area contributed by atoms with Crippen molar-refractivity contribution >= 4 is 29.8 Å². The Balaban J connectivity index is 1.49. The highest BCUT2D eigenvalue weighted by Gasteiger charge is 2.30. The highest BCUT2D eigenvalue weighted by Crippen LogP contribution is 2.17. The van der Waals surface area contributed by atoms with Gasteiger partial charge >= 0.3 is 18.0 Å². The Hall–Kier alpha value is -5.46. The van der Waals surface area contributed by atoms with Gasteiger partial charge in [0.1, 0.15) is 41.5 Å². The smallest absolute Gasteiger partial charge is 0.408 e. The van der Waals surface area contributed by atoms with Gasteiger partial charge < -0.3 is 34.9 Å². The molecule has 0 bridgehead atoms. The molecule has 3 rings (SSSR count). The molecule has 3 aromatic carbocycles. The highest BCUT2D eigenvalue weighted by molar-refractivity contribution is 5.88. The van der Waals surface area contributed by atoms with Crippen LogP contribution in [0.15, 0.2) is 78.9 Å². The predicted octanol–water partition coefficient (Wildman–Crippen LogP) is 6.48. The van der Waals surface area contributed by atoms with Crippen LogP contribution in [0.25, 0.3) is 0 Å². The summed E-state index contributed by atoms with van der Waals surface area (Å²) in [7, 11) is 0. The standard InChI is InChI=1S/C42H54FN3O9/c1-41(2,3)54-39(50)35(26-37(48)53-28-30-15-8-7-9-16-30)45-36(47)23-22-29-17-14-19-32(25-29)52-24-13-12-21-34(46-40(51)55-42(4,5)6)38(49)44-27-31-18-10-11-20-33(31)43/h7-11,14-20,25,34-35H,12-13,21-24,26-28H2,1-6H3,(H,44,49)(H,45,47)(H,46,51)/t34-,35-/m0/s1. The molecular formula is C42H54FN3O9. The van der Waals surface area contributed by atoms with Crippen molar-refractivity contribution in [1.82, 2.24) is 16.0 Å². The molecule has 3 amide bonds. The molecular weight excluding hydrogens is 709 g/mol. The first-order valence-corrected chi connectivity index (χ1v) is 18.4. The number of hydrogen-bond donors (Lipinski definition) is 3. The van der Waals surface area contributed by atoms with Crippen molar-refractivity contribution in [1.29, 1.82) is 0 Å². The molecule has 13 heteroatoms. The van der Waals surface area contributed by atoms with Gasteiger partial charge in [-0.25, -0.2) is 14.0 Å². The second-order valence-corrected chi connectivity index (χ2v) is 15.0. The van der Waals surface area contributed by atoms with Crippen LogP contribution in [0.4, 0.5) is 9.18 Å². The molecule has 0 unspecified atom stereocenters. The number of hydrogen-bond acceptors (Lipinski definition) is 9. The van der Waals surface area contributed by atoms with Gasteiger partial charge in [0.25, 0.3) is 0 Å². The van der Waals surface area contributed by atoms with Crippen LogP contribution in [0.1, 0.15) is 90.3 Å². The molecule has 0 aromatic heterocycles. The predicted molar refractivity (Wildman–Crippen MR) is 204 cm³/mol. The van der Waals surface area contributed by atoms with Crippen molar-refractivity contribution in [2.45, 2.75) is 117 Å². The Morgan fingerprint density at radius 2 is 1.42 bits per heavy atom. The maximum atomic E-state index is 14.1. The number of carbonyl (C=O) groups excluding carboxylic acids is 5. The first-order chi connectivity index (χ1) is 26.0. The summed E-state index contributed by atoms with van der Waals surface area (Å²) in [6.45, 7) is 10.6. The molecule has 0 heterocycles. The Morgan fingerprint density at radius 3 is 2.11 bits per heavy atom. The fourth-order valence-corrected chi connectivity index (χ4v) is 5.15. The molecule has 0 fully saturated rings. The van der Waals surface area contributed by atoms with E-state index in [4.69, 9.17) is 18.9 Å². The number of rotatable bonds is 19. The topological polar surface area (TPSA) is 158 Å². The van der Waals surface area contributed by atoms with Crippen molar-refractivity contribution in [3.8, 4) is 5.75 Å². The van der Waals surface area contributed by atoms with Gasteiger partial charge in [-0.15, -0.1) is 0 Å².